The Hall–Kier alpha value is -2.14. The van der Waals surface area contributed by atoms with Crippen molar-refractivity contribution in [1.82, 2.24) is 5.43 Å². The number of para-hydroxylation sites is 1. The number of hydrogen-bond acceptors (Lipinski definition) is 4. The van der Waals surface area contributed by atoms with Crippen molar-refractivity contribution in [2.45, 2.75) is 20.8 Å². The van der Waals surface area contributed by atoms with Crippen LogP contribution in [0.1, 0.15) is 22.9 Å². The van der Waals surface area contributed by atoms with E-state index in [0.717, 1.165) is 27.5 Å². The van der Waals surface area contributed by atoms with Gasteiger partial charge in [0.05, 0.1) is 5.71 Å². The highest BCUT2D eigenvalue weighted by atomic mass is 32.1. The molecule has 110 valence electrons. The molecule has 0 spiro atoms. The third-order valence-corrected chi connectivity index (χ3v) is 3.96. The fourth-order valence-corrected chi connectivity index (χ4v) is 2.56. The number of nitrogens with zero attached hydrogens (tertiary/aromatic N) is 1. The van der Waals surface area contributed by atoms with Crippen LogP contribution in [0.4, 0.5) is 0 Å². The maximum atomic E-state index is 11.8. The van der Waals surface area contributed by atoms with E-state index >= 15 is 0 Å². The Morgan fingerprint density at radius 1 is 1.24 bits per heavy atom. The molecule has 1 aromatic carbocycles. The van der Waals surface area contributed by atoms with Crippen LogP contribution >= 0.6 is 11.3 Å². The summed E-state index contributed by atoms with van der Waals surface area (Å²) in [4.78, 5) is 12.8. The topological polar surface area (TPSA) is 50.7 Å². The summed E-state index contributed by atoms with van der Waals surface area (Å²) in [5.74, 6) is 0.486. The predicted octanol–water partition coefficient (Wildman–Crippen LogP) is 3.28. The van der Waals surface area contributed by atoms with Crippen molar-refractivity contribution >= 4 is 23.0 Å². The van der Waals surface area contributed by atoms with Gasteiger partial charge in [0.25, 0.3) is 5.91 Å². The van der Waals surface area contributed by atoms with Gasteiger partial charge in [0, 0.05) is 4.88 Å². The van der Waals surface area contributed by atoms with Crippen LogP contribution < -0.4 is 10.2 Å². The first-order chi connectivity index (χ1) is 10.1. The molecule has 0 unspecified atom stereocenters. The highest BCUT2D eigenvalue weighted by Gasteiger charge is 2.07. The molecule has 0 aliphatic rings. The number of hydrogen-bond donors (Lipinski definition) is 1. The van der Waals surface area contributed by atoms with E-state index in [-0.39, 0.29) is 12.5 Å². The summed E-state index contributed by atoms with van der Waals surface area (Å²) in [6.07, 6.45) is 0. The molecule has 4 nitrogen and oxygen atoms in total. The van der Waals surface area contributed by atoms with Gasteiger partial charge in [-0.05, 0) is 43.3 Å². The lowest BCUT2D eigenvalue weighted by Crippen LogP contribution is -2.25. The number of benzene rings is 1. The zero-order valence-electron chi connectivity index (χ0n) is 12.3. The molecule has 1 N–H and O–H groups in total. The largest absolute Gasteiger partial charge is 0.483 e. The lowest BCUT2D eigenvalue weighted by Gasteiger charge is -2.10. The number of ether oxygens (including phenoxy) is 1. The Kier molecular flexibility index (Phi) is 5.11. The van der Waals surface area contributed by atoms with Gasteiger partial charge in [-0.25, -0.2) is 5.43 Å². The van der Waals surface area contributed by atoms with Gasteiger partial charge >= 0.3 is 0 Å². The number of aryl methyl sites for hydroxylation is 2. The third-order valence-electron chi connectivity index (χ3n) is 2.98. The molecule has 1 aromatic heterocycles. The maximum Gasteiger partial charge on any atom is 0.277 e. The fourth-order valence-electron chi connectivity index (χ4n) is 1.88. The van der Waals surface area contributed by atoms with Crippen LogP contribution in [0.15, 0.2) is 40.8 Å². The molecule has 1 amide bonds. The zero-order chi connectivity index (χ0) is 15.2. The van der Waals surface area contributed by atoms with Crippen molar-refractivity contribution in [3.8, 4) is 5.75 Å². The van der Waals surface area contributed by atoms with Crippen LogP contribution in [-0.4, -0.2) is 18.2 Å². The van der Waals surface area contributed by atoms with E-state index in [4.69, 9.17) is 4.74 Å². The Balaban J connectivity index is 1.90. The summed E-state index contributed by atoms with van der Waals surface area (Å²) in [5.41, 5.74) is 5.32. The van der Waals surface area contributed by atoms with E-state index < -0.39 is 0 Å². The molecule has 0 saturated heterocycles. The first kappa shape index (κ1) is 15.3. The number of nitrogens with one attached hydrogen (secondary N) is 1. The quantitative estimate of drug-likeness (QED) is 0.680. The second-order valence-corrected chi connectivity index (χ2v) is 5.67. The Morgan fingerprint density at radius 3 is 2.57 bits per heavy atom. The van der Waals surface area contributed by atoms with Crippen LogP contribution in [0.2, 0.25) is 0 Å². The number of hydrazone groups is 1. The van der Waals surface area contributed by atoms with Gasteiger partial charge in [-0.15, -0.1) is 11.3 Å². The molecular weight excluding hydrogens is 284 g/mol. The molecule has 2 aromatic rings. The zero-order valence-corrected chi connectivity index (χ0v) is 13.2. The molecule has 0 atom stereocenters. The van der Waals surface area contributed by atoms with Gasteiger partial charge in [-0.2, -0.15) is 5.10 Å². The van der Waals surface area contributed by atoms with Gasteiger partial charge in [0.1, 0.15) is 5.75 Å². The highest BCUT2D eigenvalue weighted by Crippen LogP contribution is 2.21. The minimum absolute atomic E-state index is 0.0487. The van der Waals surface area contributed by atoms with Gasteiger partial charge in [-0.3, -0.25) is 4.79 Å². The SMILES string of the molecule is C/C(=N\NC(=O)COc1c(C)cccc1C)c1cccs1. The number of amides is 1. The summed E-state index contributed by atoms with van der Waals surface area (Å²) in [6.45, 7) is 5.73. The number of thiophene rings is 1. The summed E-state index contributed by atoms with van der Waals surface area (Å²) >= 11 is 1.58. The maximum absolute atomic E-state index is 11.8. The lowest BCUT2D eigenvalue weighted by molar-refractivity contribution is -0.123. The second kappa shape index (κ2) is 7.04. The number of carbonyl (C=O) groups is 1. The van der Waals surface area contributed by atoms with Crippen molar-refractivity contribution in [2.24, 2.45) is 5.10 Å². The average molecular weight is 302 g/mol. The standard InChI is InChI=1S/C16H18N2O2S/c1-11-6-4-7-12(2)16(11)20-10-15(19)18-17-13(3)14-8-5-9-21-14/h4-9H,10H2,1-3H3,(H,18,19)/b17-13+. The molecule has 5 heteroatoms. The Morgan fingerprint density at radius 2 is 1.95 bits per heavy atom. The van der Waals surface area contributed by atoms with Crippen molar-refractivity contribution in [1.29, 1.82) is 0 Å². The van der Waals surface area contributed by atoms with Crippen LogP contribution in [0, 0.1) is 13.8 Å². The average Bonchev–Trinajstić information content (AvgIpc) is 2.98. The predicted molar refractivity (Wildman–Crippen MR) is 86.1 cm³/mol. The van der Waals surface area contributed by atoms with E-state index in [2.05, 4.69) is 10.5 Å². The highest BCUT2D eigenvalue weighted by molar-refractivity contribution is 7.12. The Bertz CT molecular complexity index is 628. The van der Waals surface area contributed by atoms with E-state index in [1.165, 1.54) is 0 Å². The minimum atomic E-state index is -0.270. The van der Waals surface area contributed by atoms with Crippen LogP contribution in [0.25, 0.3) is 0 Å². The van der Waals surface area contributed by atoms with Crippen molar-refractivity contribution in [2.75, 3.05) is 6.61 Å². The van der Waals surface area contributed by atoms with E-state index in [1.54, 1.807) is 11.3 Å². The normalized spacial score (nSPS) is 11.3. The first-order valence-corrected chi connectivity index (χ1v) is 7.52. The van der Waals surface area contributed by atoms with Crippen molar-refractivity contribution < 1.29 is 9.53 Å². The van der Waals surface area contributed by atoms with Crippen LogP contribution in [0.3, 0.4) is 0 Å². The fraction of sp³-hybridized carbons (Fsp3) is 0.250. The summed E-state index contributed by atoms with van der Waals surface area (Å²) in [5, 5.41) is 6.04. The molecular formula is C16H18N2O2S. The third kappa shape index (κ3) is 4.16. The second-order valence-electron chi connectivity index (χ2n) is 4.72. The molecule has 0 radical (unpaired) electrons. The molecule has 0 aliphatic carbocycles. The smallest absolute Gasteiger partial charge is 0.277 e. The first-order valence-electron chi connectivity index (χ1n) is 6.64. The molecule has 21 heavy (non-hydrogen) atoms. The van der Waals surface area contributed by atoms with Crippen LogP contribution in [0.5, 0.6) is 5.75 Å². The van der Waals surface area contributed by atoms with Gasteiger partial charge in [-0.1, -0.05) is 24.3 Å². The molecule has 1 heterocycles. The summed E-state index contributed by atoms with van der Waals surface area (Å²) < 4.78 is 5.57. The van der Waals surface area contributed by atoms with E-state index in [1.807, 2.05) is 56.5 Å². The molecule has 0 aliphatic heterocycles. The van der Waals surface area contributed by atoms with Crippen LogP contribution in [-0.2, 0) is 4.79 Å². The molecule has 0 fully saturated rings. The van der Waals surface area contributed by atoms with E-state index in [0.29, 0.717) is 0 Å². The van der Waals surface area contributed by atoms with E-state index in [9.17, 15) is 4.79 Å². The van der Waals surface area contributed by atoms with Gasteiger partial charge in [0.2, 0.25) is 0 Å². The monoisotopic (exact) mass is 302 g/mol. The molecule has 2 rings (SSSR count). The van der Waals surface area contributed by atoms with Crippen molar-refractivity contribution in [3.63, 3.8) is 0 Å². The molecule has 0 bridgehead atoms. The summed E-state index contributed by atoms with van der Waals surface area (Å²) in [6, 6.07) is 9.79. The Labute approximate surface area is 128 Å². The summed E-state index contributed by atoms with van der Waals surface area (Å²) in [7, 11) is 0. The molecule has 0 saturated carbocycles. The van der Waals surface area contributed by atoms with Gasteiger partial charge in [0.15, 0.2) is 6.61 Å². The number of carbonyl (C=O) groups excluding carboxylic acids is 1. The lowest BCUT2D eigenvalue weighted by atomic mass is 10.1. The number of rotatable bonds is 5. The van der Waals surface area contributed by atoms with Crippen molar-refractivity contribution in [3.05, 3.63) is 51.7 Å². The van der Waals surface area contributed by atoms with Gasteiger partial charge < -0.3 is 4.74 Å². The minimum Gasteiger partial charge on any atom is -0.483 e.